The molecule has 0 aliphatic carbocycles. The van der Waals surface area contributed by atoms with E-state index >= 15 is 0 Å². The van der Waals surface area contributed by atoms with Crippen molar-refractivity contribution in [1.82, 2.24) is 9.36 Å². The van der Waals surface area contributed by atoms with Crippen molar-refractivity contribution in [2.75, 3.05) is 0 Å². The molecule has 0 aromatic carbocycles. The Kier molecular flexibility index (Phi) is 1.58. The number of rotatable bonds is 1. The van der Waals surface area contributed by atoms with Crippen LogP contribution in [0.2, 0.25) is 0 Å². The maximum atomic E-state index is 4.29. The molecule has 0 saturated carbocycles. The molecule has 0 saturated heterocycles. The molecular weight excluding hydrogens is 156 g/mol. The zero-order valence-electron chi connectivity index (χ0n) is 6.24. The number of aryl methyl sites for hydroxylation is 1. The Balaban J connectivity index is 2.76. The van der Waals surface area contributed by atoms with Crippen LogP contribution in [0.4, 0.5) is 0 Å². The number of pyridine rings is 1. The van der Waals surface area contributed by atoms with Crippen LogP contribution in [0.5, 0.6) is 0 Å². The third-order valence-electron chi connectivity index (χ3n) is 1.63. The Morgan fingerprint density at radius 2 is 2.45 bits per heavy atom. The van der Waals surface area contributed by atoms with Crippen LogP contribution in [0.1, 0.15) is 12.6 Å². The molecule has 2 aromatic rings. The van der Waals surface area contributed by atoms with Crippen molar-refractivity contribution in [3.05, 3.63) is 24.0 Å². The molecule has 0 atom stereocenters. The summed E-state index contributed by atoms with van der Waals surface area (Å²) in [6.07, 6.45) is 2.78. The number of hydrogen-bond donors (Lipinski definition) is 0. The van der Waals surface area contributed by atoms with Crippen molar-refractivity contribution < 1.29 is 0 Å². The minimum Gasteiger partial charge on any atom is -0.253 e. The topological polar surface area (TPSA) is 25.8 Å². The molecular formula is C8H8N2S. The first-order chi connectivity index (χ1) is 5.42. The van der Waals surface area contributed by atoms with Gasteiger partial charge in [0.15, 0.2) is 0 Å². The first-order valence-electron chi connectivity index (χ1n) is 3.61. The van der Waals surface area contributed by atoms with E-state index in [4.69, 9.17) is 0 Å². The van der Waals surface area contributed by atoms with Crippen molar-refractivity contribution in [2.24, 2.45) is 0 Å². The van der Waals surface area contributed by atoms with Crippen molar-refractivity contribution in [2.45, 2.75) is 13.3 Å². The molecule has 0 unspecified atom stereocenters. The summed E-state index contributed by atoms with van der Waals surface area (Å²) in [6.45, 7) is 2.10. The van der Waals surface area contributed by atoms with E-state index in [9.17, 15) is 0 Å². The van der Waals surface area contributed by atoms with Gasteiger partial charge in [0, 0.05) is 6.20 Å². The number of hydrogen-bond acceptors (Lipinski definition) is 3. The Morgan fingerprint density at radius 1 is 1.55 bits per heavy atom. The van der Waals surface area contributed by atoms with E-state index in [0.717, 1.165) is 17.6 Å². The molecule has 3 heteroatoms. The zero-order chi connectivity index (χ0) is 7.68. The molecule has 0 N–H and O–H groups in total. The van der Waals surface area contributed by atoms with E-state index < -0.39 is 0 Å². The standard InChI is InChI=1S/C8H8N2S/c1-2-6-8-7(11-10-6)4-3-5-9-8/h3-5H,2H2,1H3. The summed E-state index contributed by atoms with van der Waals surface area (Å²) in [5.74, 6) is 0. The van der Waals surface area contributed by atoms with Crippen LogP contribution < -0.4 is 0 Å². The summed E-state index contributed by atoms with van der Waals surface area (Å²) in [4.78, 5) is 4.26. The van der Waals surface area contributed by atoms with E-state index in [2.05, 4.69) is 22.3 Å². The second-order valence-corrected chi connectivity index (χ2v) is 3.14. The third kappa shape index (κ3) is 1.01. The van der Waals surface area contributed by atoms with E-state index in [0.29, 0.717) is 0 Å². The van der Waals surface area contributed by atoms with E-state index in [1.807, 2.05) is 12.3 Å². The first-order valence-corrected chi connectivity index (χ1v) is 4.38. The SMILES string of the molecule is CCc1nsc2cccnc12. The lowest BCUT2D eigenvalue weighted by molar-refractivity contribution is 1.09. The average molecular weight is 164 g/mol. The van der Waals surface area contributed by atoms with Crippen LogP contribution in [-0.4, -0.2) is 9.36 Å². The lowest BCUT2D eigenvalue weighted by Crippen LogP contribution is -1.80. The van der Waals surface area contributed by atoms with Gasteiger partial charge in [-0.1, -0.05) is 6.92 Å². The number of fused-ring (bicyclic) bond motifs is 1. The van der Waals surface area contributed by atoms with Crippen molar-refractivity contribution in [3.63, 3.8) is 0 Å². The fourth-order valence-electron chi connectivity index (χ4n) is 1.06. The van der Waals surface area contributed by atoms with Crippen LogP contribution >= 0.6 is 11.5 Å². The van der Waals surface area contributed by atoms with Gasteiger partial charge in [-0.2, -0.15) is 4.37 Å². The van der Waals surface area contributed by atoms with Crippen LogP contribution in [0.15, 0.2) is 18.3 Å². The highest BCUT2D eigenvalue weighted by molar-refractivity contribution is 7.13. The quantitative estimate of drug-likeness (QED) is 0.646. The molecule has 2 heterocycles. The zero-order valence-corrected chi connectivity index (χ0v) is 7.06. The number of aromatic nitrogens is 2. The average Bonchev–Trinajstić information content (AvgIpc) is 2.47. The van der Waals surface area contributed by atoms with E-state index in [-0.39, 0.29) is 0 Å². The predicted molar refractivity (Wildman–Crippen MR) is 46.8 cm³/mol. The fraction of sp³-hybridized carbons (Fsp3) is 0.250. The second-order valence-electron chi connectivity index (χ2n) is 2.33. The highest BCUT2D eigenvalue weighted by Gasteiger charge is 2.02. The van der Waals surface area contributed by atoms with Gasteiger partial charge < -0.3 is 0 Å². The summed E-state index contributed by atoms with van der Waals surface area (Å²) >= 11 is 1.53. The molecule has 0 spiro atoms. The van der Waals surface area contributed by atoms with Crippen LogP contribution in [0.3, 0.4) is 0 Å². The first kappa shape index (κ1) is 6.73. The maximum Gasteiger partial charge on any atom is 0.104 e. The molecule has 0 bridgehead atoms. The normalized spacial score (nSPS) is 10.6. The largest absolute Gasteiger partial charge is 0.253 e. The van der Waals surface area contributed by atoms with Crippen molar-refractivity contribution in [1.29, 1.82) is 0 Å². The maximum absolute atomic E-state index is 4.29. The molecule has 0 radical (unpaired) electrons. The van der Waals surface area contributed by atoms with Gasteiger partial charge in [0.1, 0.15) is 5.52 Å². The highest BCUT2D eigenvalue weighted by Crippen LogP contribution is 2.19. The van der Waals surface area contributed by atoms with Crippen LogP contribution in [0, 0.1) is 0 Å². The van der Waals surface area contributed by atoms with E-state index in [1.54, 1.807) is 0 Å². The summed E-state index contributed by atoms with van der Waals surface area (Å²) in [5, 5.41) is 0. The highest BCUT2D eigenvalue weighted by atomic mass is 32.1. The lowest BCUT2D eigenvalue weighted by atomic mass is 10.3. The molecule has 2 nitrogen and oxygen atoms in total. The van der Waals surface area contributed by atoms with Gasteiger partial charge in [0.05, 0.1) is 10.4 Å². The molecule has 2 aromatic heterocycles. The molecule has 11 heavy (non-hydrogen) atoms. The summed E-state index contributed by atoms with van der Waals surface area (Å²) in [6, 6.07) is 4.00. The van der Waals surface area contributed by atoms with Gasteiger partial charge in [0.25, 0.3) is 0 Å². The Morgan fingerprint density at radius 3 is 3.27 bits per heavy atom. The Hall–Kier alpha value is -0.960. The van der Waals surface area contributed by atoms with Crippen LogP contribution in [-0.2, 0) is 6.42 Å². The van der Waals surface area contributed by atoms with Crippen molar-refractivity contribution in [3.8, 4) is 0 Å². The van der Waals surface area contributed by atoms with Gasteiger partial charge in [-0.05, 0) is 30.1 Å². The van der Waals surface area contributed by atoms with Crippen molar-refractivity contribution >= 4 is 21.7 Å². The Bertz CT molecular complexity index is 367. The van der Waals surface area contributed by atoms with Gasteiger partial charge in [0.2, 0.25) is 0 Å². The summed E-state index contributed by atoms with van der Waals surface area (Å²) < 4.78 is 5.48. The van der Waals surface area contributed by atoms with Crippen LogP contribution in [0.25, 0.3) is 10.2 Å². The third-order valence-corrected chi connectivity index (χ3v) is 2.47. The molecule has 2 rings (SSSR count). The van der Waals surface area contributed by atoms with Gasteiger partial charge in [-0.3, -0.25) is 4.98 Å². The fourth-order valence-corrected chi connectivity index (χ4v) is 1.88. The molecule has 56 valence electrons. The monoisotopic (exact) mass is 164 g/mol. The molecule has 0 aliphatic rings. The number of nitrogens with zero attached hydrogens (tertiary/aromatic N) is 2. The van der Waals surface area contributed by atoms with Gasteiger partial charge >= 0.3 is 0 Å². The predicted octanol–water partition coefficient (Wildman–Crippen LogP) is 2.25. The minimum atomic E-state index is 0.969. The second kappa shape index (κ2) is 2.58. The molecule has 0 aliphatic heterocycles. The summed E-state index contributed by atoms with van der Waals surface area (Å²) in [7, 11) is 0. The van der Waals surface area contributed by atoms with Gasteiger partial charge in [-0.15, -0.1) is 0 Å². The lowest BCUT2D eigenvalue weighted by Gasteiger charge is -1.87. The Labute approximate surface area is 69.1 Å². The molecule has 0 amide bonds. The van der Waals surface area contributed by atoms with Gasteiger partial charge in [-0.25, -0.2) is 0 Å². The summed E-state index contributed by atoms with van der Waals surface area (Å²) in [5.41, 5.74) is 2.19. The molecule has 0 fully saturated rings. The smallest absolute Gasteiger partial charge is 0.104 e. The minimum absolute atomic E-state index is 0.969. The van der Waals surface area contributed by atoms with E-state index in [1.165, 1.54) is 16.2 Å².